The van der Waals surface area contributed by atoms with E-state index in [-0.39, 0.29) is 39.5 Å². The highest BCUT2D eigenvalue weighted by atomic mass is 35.5. The molecule has 3 fully saturated rings. The molecular weight excluding hydrogens is 476 g/mol. The summed E-state index contributed by atoms with van der Waals surface area (Å²) in [5.74, 6) is -2.17. The SMILES string of the molecule is O=C(O)c1cn([C@@H]2C[C@@H]2F)c2c(Cl)c(N[C@@H]3CN(Cc4ccccc4)CC34CC4)c(F)cc2c1=O. The van der Waals surface area contributed by atoms with Crippen molar-refractivity contribution < 1.29 is 18.7 Å². The molecule has 6 nitrogen and oxygen atoms in total. The Labute approximate surface area is 205 Å². The molecule has 1 saturated heterocycles. The van der Waals surface area contributed by atoms with Crippen molar-refractivity contribution in [2.75, 3.05) is 18.4 Å². The summed E-state index contributed by atoms with van der Waals surface area (Å²) in [6.45, 7) is 2.40. The van der Waals surface area contributed by atoms with Crippen molar-refractivity contribution in [2.45, 2.75) is 44.1 Å². The summed E-state index contributed by atoms with van der Waals surface area (Å²) >= 11 is 6.69. The topological polar surface area (TPSA) is 74.6 Å². The van der Waals surface area contributed by atoms with Crippen LogP contribution in [0.4, 0.5) is 14.5 Å². The molecule has 35 heavy (non-hydrogen) atoms. The Morgan fingerprint density at radius 2 is 1.97 bits per heavy atom. The predicted octanol–water partition coefficient (Wildman–Crippen LogP) is 4.85. The normalized spacial score (nSPS) is 24.7. The average Bonchev–Trinajstić information content (AvgIpc) is 3.72. The van der Waals surface area contributed by atoms with E-state index in [1.807, 2.05) is 18.2 Å². The number of fused-ring (bicyclic) bond motifs is 1. The molecule has 182 valence electrons. The van der Waals surface area contributed by atoms with Crippen LogP contribution in [0.5, 0.6) is 0 Å². The van der Waals surface area contributed by atoms with Crippen LogP contribution in [0.25, 0.3) is 10.9 Å². The van der Waals surface area contributed by atoms with Crippen LogP contribution >= 0.6 is 11.6 Å². The van der Waals surface area contributed by atoms with Crippen LogP contribution in [0.15, 0.2) is 47.4 Å². The molecule has 2 N–H and O–H groups in total. The van der Waals surface area contributed by atoms with Gasteiger partial charge in [-0.05, 0) is 24.5 Å². The number of benzene rings is 2. The number of halogens is 3. The fourth-order valence-corrected chi connectivity index (χ4v) is 5.85. The van der Waals surface area contributed by atoms with E-state index < -0.39 is 35.0 Å². The molecule has 1 aliphatic heterocycles. The van der Waals surface area contributed by atoms with Gasteiger partial charge in [-0.25, -0.2) is 13.6 Å². The highest BCUT2D eigenvalue weighted by molar-refractivity contribution is 6.38. The van der Waals surface area contributed by atoms with Crippen LogP contribution < -0.4 is 10.7 Å². The number of anilines is 1. The van der Waals surface area contributed by atoms with Crippen LogP contribution in [0, 0.1) is 11.2 Å². The van der Waals surface area contributed by atoms with E-state index in [2.05, 4.69) is 22.3 Å². The number of hydrogen-bond donors (Lipinski definition) is 2. The van der Waals surface area contributed by atoms with Crippen molar-refractivity contribution >= 4 is 34.2 Å². The number of likely N-dealkylation sites (tertiary alicyclic amines) is 1. The number of alkyl halides is 1. The van der Waals surface area contributed by atoms with Gasteiger partial charge in [-0.2, -0.15) is 0 Å². The van der Waals surface area contributed by atoms with Gasteiger partial charge in [0, 0.05) is 43.7 Å². The van der Waals surface area contributed by atoms with E-state index in [0.29, 0.717) is 6.54 Å². The molecule has 3 atom stereocenters. The molecule has 6 rings (SSSR count). The first-order chi connectivity index (χ1) is 16.8. The summed E-state index contributed by atoms with van der Waals surface area (Å²) < 4.78 is 30.8. The lowest BCUT2D eigenvalue weighted by Gasteiger charge is -2.23. The molecule has 0 unspecified atom stereocenters. The number of pyridine rings is 1. The standard InChI is InChI=1S/C26H24ClF2N3O3/c27-21-22(30-20-12-31(13-26(20)6-7-26)10-14-4-2-1-3-5-14)18(29)8-15-23(21)32(19-9-17(19)28)11-16(24(15)33)25(34)35/h1-5,8,11,17,19-20,30H,6-7,9-10,12-13H2,(H,34,35)/t17-,19+,20+/m0/s1. The predicted molar refractivity (Wildman–Crippen MR) is 129 cm³/mol. The summed E-state index contributed by atoms with van der Waals surface area (Å²) in [7, 11) is 0. The summed E-state index contributed by atoms with van der Waals surface area (Å²) in [6, 6.07) is 10.5. The Morgan fingerprint density at radius 1 is 1.26 bits per heavy atom. The largest absolute Gasteiger partial charge is 0.477 e. The van der Waals surface area contributed by atoms with E-state index in [1.165, 1.54) is 10.1 Å². The molecule has 1 aromatic heterocycles. The third-order valence-corrected chi connectivity index (χ3v) is 8.02. The van der Waals surface area contributed by atoms with Crippen molar-refractivity contribution in [2.24, 2.45) is 5.41 Å². The third kappa shape index (κ3) is 3.79. The van der Waals surface area contributed by atoms with Crippen molar-refractivity contribution in [3.05, 3.63) is 74.8 Å². The quantitative estimate of drug-likeness (QED) is 0.507. The molecule has 0 bridgehead atoms. The fourth-order valence-electron chi connectivity index (χ4n) is 5.50. The van der Waals surface area contributed by atoms with E-state index in [1.54, 1.807) is 0 Å². The van der Waals surface area contributed by atoms with Gasteiger partial charge in [-0.1, -0.05) is 41.9 Å². The summed E-state index contributed by atoms with van der Waals surface area (Å²) in [4.78, 5) is 26.7. The fraction of sp³-hybridized carbons (Fsp3) is 0.385. The molecular formula is C26H24ClF2N3O3. The second-order valence-electron chi connectivity index (χ2n) is 10.1. The Morgan fingerprint density at radius 3 is 2.60 bits per heavy atom. The van der Waals surface area contributed by atoms with Gasteiger partial charge in [0.1, 0.15) is 17.6 Å². The first kappa shape index (κ1) is 22.5. The second-order valence-corrected chi connectivity index (χ2v) is 10.4. The van der Waals surface area contributed by atoms with E-state index >= 15 is 4.39 Å². The zero-order chi connectivity index (χ0) is 24.5. The molecule has 3 aliphatic rings. The number of nitrogens with one attached hydrogen (secondary N) is 1. The molecule has 0 radical (unpaired) electrons. The maximum atomic E-state index is 15.4. The van der Waals surface area contributed by atoms with E-state index in [4.69, 9.17) is 11.6 Å². The van der Waals surface area contributed by atoms with Gasteiger partial charge in [0.25, 0.3) is 0 Å². The maximum absolute atomic E-state index is 15.4. The van der Waals surface area contributed by atoms with Gasteiger partial charge in [-0.15, -0.1) is 0 Å². The van der Waals surface area contributed by atoms with Crippen LogP contribution in [-0.4, -0.2) is 45.8 Å². The Balaban J connectivity index is 1.37. The molecule has 2 heterocycles. The van der Waals surface area contributed by atoms with Crippen molar-refractivity contribution in [3.8, 4) is 0 Å². The number of aromatic nitrogens is 1. The lowest BCUT2D eigenvalue weighted by Crippen LogP contribution is -2.30. The van der Waals surface area contributed by atoms with Crippen LogP contribution in [-0.2, 0) is 6.54 Å². The molecule has 9 heteroatoms. The Kier molecular flexibility index (Phi) is 5.16. The third-order valence-electron chi connectivity index (χ3n) is 7.66. The lowest BCUT2D eigenvalue weighted by molar-refractivity contribution is 0.0694. The molecule has 2 aliphatic carbocycles. The highest BCUT2D eigenvalue weighted by Gasteiger charge is 2.55. The summed E-state index contributed by atoms with van der Waals surface area (Å²) in [5.41, 5.74) is 0.122. The second kappa shape index (κ2) is 8.03. The first-order valence-corrected chi connectivity index (χ1v) is 12.1. The number of carboxylic acid groups (broad SMARTS) is 1. The zero-order valence-electron chi connectivity index (χ0n) is 18.8. The number of hydrogen-bond acceptors (Lipinski definition) is 4. The monoisotopic (exact) mass is 499 g/mol. The molecule has 2 saturated carbocycles. The number of aromatic carboxylic acids is 1. The number of rotatable bonds is 6. The van der Waals surface area contributed by atoms with E-state index in [9.17, 15) is 19.1 Å². The van der Waals surface area contributed by atoms with Gasteiger partial charge in [0.05, 0.1) is 27.7 Å². The summed E-state index contributed by atoms with van der Waals surface area (Å²) in [6.07, 6.45) is 2.20. The van der Waals surface area contributed by atoms with E-state index in [0.717, 1.165) is 38.2 Å². The van der Waals surface area contributed by atoms with Gasteiger partial charge in [0.15, 0.2) is 0 Å². The molecule has 2 aromatic carbocycles. The van der Waals surface area contributed by atoms with Crippen molar-refractivity contribution in [3.63, 3.8) is 0 Å². The molecule has 3 aromatic rings. The Hall–Kier alpha value is -2.97. The first-order valence-electron chi connectivity index (χ1n) is 11.7. The molecule has 1 spiro atoms. The lowest BCUT2D eigenvalue weighted by atomic mass is 10.00. The van der Waals surface area contributed by atoms with Crippen molar-refractivity contribution in [1.82, 2.24) is 9.47 Å². The van der Waals surface area contributed by atoms with Gasteiger partial charge in [0.2, 0.25) is 5.43 Å². The molecule has 0 amide bonds. The zero-order valence-corrected chi connectivity index (χ0v) is 19.6. The van der Waals surface area contributed by atoms with Gasteiger partial charge in [-0.3, -0.25) is 9.69 Å². The van der Waals surface area contributed by atoms with Crippen LogP contribution in [0.2, 0.25) is 5.02 Å². The minimum Gasteiger partial charge on any atom is -0.477 e. The minimum atomic E-state index is -1.44. The smallest absolute Gasteiger partial charge is 0.341 e. The van der Waals surface area contributed by atoms with Crippen LogP contribution in [0.3, 0.4) is 0 Å². The van der Waals surface area contributed by atoms with Crippen LogP contribution in [0.1, 0.15) is 41.2 Å². The van der Waals surface area contributed by atoms with Gasteiger partial charge >= 0.3 is 5.97 Å². The number of carbonyl (C=O) groups is 1. The maximum Gasteiger partial charge on any atom is 0.341 e. The van der Waals surface area contributed by atoms with Gasteiger partial charge < -0.3 is 15.0 Å². The highest BCUT2D eigenvalue weighted by Crippen LogP contribution is 2.54. The minimum absolute atomic E-state index is 0.0227. The van der Waals surface area contributed by atoms with Crippen molar-refractivity contribution in [1.29, 1.82) is 0 Å². The number of nitrogens with zero attached hydrogens (tertiary/aromatic N) is 2. The Bertz CT molecular complexity index is 1410. The average molecular weight is 500 g/mol. The number of carboxylic acids is 1. The summed E-state index contributed by atoms with van der Waals surface area (Å²) in [5, 5.41) is 12.6.